The van der Waals surface area contributed by atoms with Gasteiger partial charge in [-0.25, -0.2) is 4.98 Å². The van der Waals surface area contributed by atoms with Gasteiger partial charge in [0.1, 0.15) is 0 Å². The van der Waals surface area contributed by atoms with Crippen LogP contribution in [0, 0.1) is 20.8 Å². The van der Waals surface area contributed by atoms with E-state index in [0.717, 1.165) is 35.9 Å². The summed E-state index contributed by atoms with van der Waals surface area (Å²) in [4.78, 5) is 4.53. The van der Waals surface area contributed by atoms with E-state index in [1.807, 2.05) is 6.92 Å². The topological polar surface area (TPSA) is 42.7 Å². The van der Waals surface area contributed by atoms with E-state index in [4.69, 9.17) is 0 Å². The number of hydrogen-bond acceptors (Lipinski definition) is 4. The maximum atomic E-state index is 4.68. The summed E-state index contributed by atoms with van der Waals surface area (Å²) in [6, 6.07) is 0. The summed E-state index contributed by atoms with van der Waals surface area (Å²) < 4.78 is 2.08. The van der Waals surface area contributed by atoms with Crippen LogP contribution < -0.4 is 5.32 Å². The van der Waals surface area contributed by atoms with Gasteiger partial charge in [-0.05, 0) is 60.1 Å². The Labute approximate surface area is 131 Å². The fraction of sp³-hybridized carbons (Fsp3) is 0.625. The predicted molar refractivity (Wildman–Crippen MR) is 89.1 cm³/mol. The third kappa shape index (κ3) is 4.38. The van der Waals surface area contributed by atoms with E-state index >= 15 is 0 Å². The summed E-state index contributed by atoms with van der Waals surface area (Å²) in [6.07, 6.45) is 1.02. The minimum atomic E-state index is 0.163. The molecule has 0 atom stereocenters. The van der Waals surface area contributed by atoms with E-state index in [9.17, 15) is 0 Å². The van der Waals surface area contributed by atoms with Crippen LogP contribution in [0.3, 0.4) is 0 Å². The van der Waals surface area contributed by atoms with Crippen LogP contribution in [0.25, 0.3) is 0 Å². The summed E-state index contributed by atoms with van der Waals surface area (Å²) in [7, 11) is 0. The highest BCUT2D eigenvalue weighted by molar-refractivity contribution is 7.09. The molecule has 0 saturated heterocycles. The van der Waals surface area contributed by atoms with Gasteiger partial charge in [0.15, 0.2) is 0 Å². The van der Waals surface area contributed by atoms with Gasteiger partial charge in [0.05, 0.1) is 22.9 Å². The Morgan fingerprint density at radius 2 is 1.95 bits per heavy atom. The second kappa shape index (κ2) is 6.28. The second-order valence-corrected chi connectivity index (χ2v) is 7.65. The van der Waals surface area contributed by atoms with Gasteiger partial charge in [0, 0.05) is 16.6 Å². The number of rotatable bonds is 5. The molecule has 0 fully saturated rings. The molecule has 0 bridgehead atoms. The van der Waals surface area contributed by atoms with Crippen molar-refractivity contribution in [3.63, 3.8) is 0 Å². The smallest absolute Gasteiger partial charge is 0.0898 e. The van der Waals surface area contributed by atoms with Crippen LogP contribution in [0.15, 0.2) is 5.38 Å². The minimum absolute atomic E-state index is 0.163. The molecule has 4 nitrogen and oxygen atoms in total. The number of nitrogens with zero attached hydrogens (tertiary/aromatic N) is 3. The Kier molecular flexibility index (Phi) is 4.84. The Morgan fingerprint density at radius 1 is 1.24 bits per heavy atom. The third-order valence-corrected chi connectivity index (χ3v) is 4.36. The first-order valence-corrected chi connectivity index (χ1v) is 8.33. The van der Waals surface area contributed by atoms with Crippen LogP contribution >= 0.6 is 11.3 Å². The molecule has 0 unspecified atom stereocenters. The van der Waals surface area contributed by atoms with Gasteiger partial charge in [0.25, 0.3) is 0 Å². The number of aromatic nitrogens is 3. The Balaban J connectivity index is 2.06. The largest absolute Gasteiger partial charge is 0.312 e. The lowest BCUT2D eigenvalue weighted by atomic mass is 10.1. The molecule has 0 aliphatic heterocycles. The molecule has 5 heteroatoms. The average Bonchev–Trinajstić information content (AvgIpc) is 2.87. The molecule has 0 saturated carbocycles. The maximum Gasteiger partial charge on any atom is 0.0898 e. The highest BCUT2D eigenvalue weighted by Crippen LogP contribution is 2.16. The van der Waals surface area contributed by atoms with Gasteiger partial charge in [-0.15, -0.1) is 11.3 Å². The van der Waals surface area contributed by atoms with Crippen molar-refractivity contribution in [2.24, 2.45) is 0 Å². The van der Waals surface area contributed by atoms with Crippen molar-refractivity contribution < 1.29 is 0 Å². The summed E-state index contributed by atoms with van der Waals surface area (Å²) in [6.45, 7) is 14.6. The fourth-order valence-electron chi connectivity index (χ4n) is 2.45. The van der Waals surface area contributed by atoms with Crippen LogP contribution in [0.5, 0.6) is 0 Å². The lowest BCUT2D eigenvalue weighted by Gasteiger charge is -2.20. The zero-order valence-electron chi connectivity index (χ0n) is 13.9. The Hall–Kier alpha value is -1.20. The molecule has 116 valence electrons. The molecule has 0 radical (unpaired) electrons. The molecule has 2 heterocycles. The molecule has 2 aromatic rings. The van der Waals surface area contributed by atoms with E-state index in [1.54, 1.807) is 11.3 Å². The highest BCUT2D eigenvalue weighted by atomic mass is 32.1. The molecule has 0 amide bonds. The standard InChI is InChI=1S/C16H26N4S/c1-11-15(7-8-17-16(4,5)6)12(2)20(19-11)9-14-10-21-13(3)18-14/h10,17H,7-9H2,1-6H3. The van der Waals surface area contributed by atoms with E-state index in [-0.39, 0.29) is 5.54 Å². The van der Waals surface area contributed by atoms with Crippen molar-refractivity contribution in [2.75, 3.05) is 6.54 Å². The summed E-state index contributed by atoms with van der Waals surface area (Å²) >= 11 is 1.69. The lowest BCUT2D eigenvalue weighted by molar-refractivity contribution is 0.429. The monoisotopic (exact) mass is 306 g/mol. The molecule has 0 spiro atoms. The van der Waals surface area contributed by atoms with Crippen LogP contribution in [-0.2, 0) is 13.0 Å². The lowest BCUT2D eigenvalue weighted by Crippen LogP contribution is -2.37. The van der Waals surface area contributed by atoms with Gasteiger partial charge in [0.2, 0.25) is 0 Å². The zero-order chi connectivity index (χ0) is 15.6. The van der Waals surface area contributed by atoms with E-state index in [2.05, 4.69) is 60.1 Å². The van der Waals surface area contributed by atoms with Crippen LogP contribution in [0.2, 0.25) is 0 Å². The van der Waals surface area contributed by atoms with Gasteiger partial charge >= 0.3 is 0 Å². The van der Waals surface area contributed by atoms with E-state index in [1.165, 1.54) is 11.3 Å². The first-order chi connectivity index (χ1) is 9.76. The quantitative estimate of drug-likeness (QED) is 0.922. The summed E-state index contributed by atoms with van der Waals surface area (Å²) in [5.74, 6) is 0. The zero-order valence-corrected chi connectivity index (χ0v) is 14.8. The van der Waals surface area contributed by atoms with Gasteiger partial charge in [-0.2, -0.15) is 5.10 Å². The van der Waals surface area contributed by atoms with E-state index in [0.29, 0.717) is 0 Å². The molecule has 2 rings (SSSR count). The minimum Gasteiger partial charge on any atom is -0.312 e. The Bertz CT molecular complexity index is 604. The molecular weight excluding hydrogens is 280 g/mol. The summed E-state index contributed by atoms with van der Waals surface area (Å²) in [5.41, 5.74) is 5.01. The molecule has 21 heavy (non-hydrogen) atoms. The molecule has 0 aromatic carbocycles. The van der Waals surface area contributed by atoms with Crippen molar-refractivity contribution >= 4 is 11.3 Å². The normalized spacial score (nSPS) is 12.1. The first kappa shape index (κ1) is 16.2. The van der Waals surface area contributed by atoms with Crippen LogP contribution in [0.1, 0.15) is 48.4 Å². The van der Waals surface area contributed by atoms with Gasteiger partial charge in [-0.3, -0.25) is 4.68 Å². The number of thiazole rings is 1. The van der Waals surface area contributed by atoms with E-state index < -0.39 is 0 Å². The molecule has 0 aliphatic carbocycles. The van der Waals surface area contributed by atoms with Crippen molar-refractivity contribution in [3.05, 3.63) is 33.0 Å². The van der Waals surface area contributed by atoms with Crippen LogP contribution in [-0.4, -0.2) is 26.8 Å². The van der Waals surface area contributed by atoms with Crippen molar-refractivity contribution in [2.45, 2.75) is 60.0 Å². The van der Waals surface area contributed by atoms with Crippen LogP contribution in [0.4, 0.5) is 0 Å². The second-order valence-electron chi connectivity index (χ2n) is 6.59. The SMILES string of the molecule is Cc1nc(Cn2nc(C)c(CCNC(C)(C)C)c2C)cs1. The number of aryl methyl sites for hydroxylation is 2. The highest BCUT2D eigenvalue weighted by Gasteiger charge is 2.14. The molecule has 1 N–H and O–H groups in total. The van der Waals surface area contributed by atoms with Gasteiger partial charge < -0.3 is 5.32 Å². The first-order valence-electron chi connectivity index (χ1n) is 7.45. The van der Waals surface area contributed by atoms with Crippen molar-refractivity contribution in [3.8, 4) is 0 Å². The predicted octanol–water partition coefficient (Wildman–Crippen LogP) is 3.24. The van der Waals surface area contributed by atoms with Crippen molar-refractivity contribution in [1.29, 1.82) is 0 Å². The number of nitrogens with one attached hydrogen (secondary N) is 1. The molecule has 0 aliphatic rings. The average molecular weight is 306 g/mol. The third-order valence-electron chi connectivity index (χ3n) is 3.54. The van der Waals surface area contributed by atoms with Crippen molar-refractivity contribution in [1.82, 2.24) is 20.1 Å². The van der Waals surface area contributed by atoms with Gasteiger partial charge in [-0.1, -0.05) is 0 Å². The molecular formula is C16H26N4S. The fourth-order valence-corrected chi connectivity index (χ4v) is 3.05. The Morgan fingerprint density at radius 3 is 2.52 bits per heavy atom. The maximum absolute atomic E-state index is 4.68. The molecule has 2 aromatic heterocycles. The summed E-state index contributed by atoms with van der Waals surface area (Å²) in [5, 5.41) is 11.5. The number of hydrogen-bond donors (Lipinski definition) is 1.